The number of phenols is 1. The van der Waals surface area contributed by atoms with E-state index in [-0.39, 0.29) is 16.4 Å². The summed E-state index contributed by atoms with van der Waals surface area (Å²) >= 11 is 1.24. The second kappa shape index (κ2) is 5.73. The highest BCUT2D eigenvalue weighted by atomic mass is 32.2. The summed E-state index contributed by atoms with van der Waals surface area (Å²) < 4.78 is 28.1. The van der Waals surface area contributed by atoms with Crippen molar-refractivity contribution in [3.63, 3.8) is 0 Å². The van der Waals surface area contributed by atoms with Gasteiger partial charge in [-0.2, -0.15) is 13.7 Å². The molecule has 1 N–H and O–H groups in total. The molecule has 0 unspecified atom stereocenters. The molecule has 2 aromatic rings. The molecule has 0 aliphatic carbocycles. The molecular formula is C12H8N2O4S2. The van der Waals surface area contributed by atoms with Gasteiger partial charge in [0.25, 0.3) is 0 Å². The van der Waals surface area contributed by atoms with E-state index in [4.69, 9.17) is 10.4 Å². The minimum absolute atomic E-state index is 0.0660. The molecule has 6 nitrogen and oxygen atoms in total. The zero-order valence-corrected chi connectivity index (χ0v) is 11.6. The Labute approximate surface area is 119 Å². The van der Waals surface area contributed by atoms with E-state index in [1.54, 1.807) is 23.6 Å². The van der Waals surface area contributed by atoms with Crippen LogP contribution in [0, 0.1) is 11.3 Å². The molecule has 20 heavy (non-hydrogen) atoms. The molecule has 0 aliphatic rings. The maximum Gasteiger partial charge on any atom is 0.358 e. The summed E-state index contributed by atoms with van der Waals surface area (Å²) in [6, 6.07) is 9.89. The van der Waals surface area contributed by atoms with Crippen molar-refractivity contribution in [2.24, 2.45) is 5.16 Å². The quantitative estimate of drug-likeness (QED) is 0.688. The van der Waals surface area contributed by atoms with Gasteiger partial charge in [0.2, 0.25) is 0 Å². The van der Waals surface area contributed by atoms with E-state index >= 15 is 0 Å². The fraction of sp³-hybridized carbons (Fsp3) is 0. The maximum absolute atomic E-state index is 11.8. The number of aromatic hydroxyl groups is 1. The van der Waals surface area contributed by atoms with Crippen LogP contribution in [0.2, 0.25) is 0 Å². The van der Waals surface area contributed by atoms with Crippen LogP contribution in [-0.2, 0) is 14.4 Å². The number of hydrogen-bond donors (Lipinski definition) is 1. The van der Waals surface area contributed by atoms with Crippen LogP contribution in [0.5, 0.6) is 5.75 Å². The van der Waals surface area contributed by atoms with E-state index < -0.39 is 10.1 Å². The number of thiophene rings is 1. The van der Waals surface area contributed by atoms with Crippen molar-refractivity contribution in [2.75, 3.05) is 0 Å². The lowest BCUT2D eigenvalue weighted by molar-refractivity contribution is 0.339. The highest BCUT2D eigenvalue weighted by Crippen LogP contribution is 2.17. The summed E-state index contributed by atoms with van der Waals surface area (Å²) in [6.07, 6.45) is 0. The average Bonchev–Trinajstić information content (AvgIpc) is 2.94. The molecule has 102 valence electrons. The van der Waals surface area contributed by atoms with Gasteiger partial charge in [0, 0.05) is 0 Å². The number of hydrogen-bond acceptors (Lipinski definition) is 7. The molecule has 8 heteroatoms. The molecule has 0 amide bonds. The van der Waals surface area contributed by atoms with Gasteiger partial charge in [-0.3, -0.25) is 4.28 Å². The van der Waals surface area contributed by atoms with Gasteiger partial charge >= 0.3 is 10.1 Å². The number of phenolic OH excluding ortho intramolecular Hbond substituents is 1. The zero-order valence-electron chi connectivity index (χ0n) is 9.92. The van der Waals surface area contributed by atoms with E-state index in [1.807, 2.05) is 0 Å². The summed E-state index contributed by atoms with van der Waals surface area (Å²) in [7, 11) is -4.12. The van der Waals surface area contributed by atoms with E-state index in [9.17, 15) is 8.42 Å². The Balaban J connectivity index is 2.25. The Bertz CT molecular complexity index is 757. The molecule has 2 rings (SSSR count). The van der Waals surface area contributed by atoms with Gasteiger partial charge in [-0.25, -0.2) is 0 Å². The van der Waals surface area contributed by atoms with Crippen molar-refractivity contribution >= 4 is 27.2 Å². The molecule has 0 fully saturated rings. The van der Waals surface area contributed by atoms with Gasteiger partial charge in [0.15, 0.2) is 5.71 Å². The lowest BCUT2D eigenvalue weighted by Gasteiger charge is -2.01. The van der Waals surface area contributed by atoms with Crippen LogP contribution >= 0.6 is 11.3 Å². The van der Waals surface area contributed by atoms with Crippen molar-refractivity contribution in [3.8, 4) is 11.8 Å². The summed E-state index contributed by atoms with van der Waals surface area (Å²) in [4.78, 5) is 0.343. The normalized spacial score (nSPS) is 11.8. The van der Waals surface area contributed by atoms with Crippen molar-refractivity contribution in [3.05, 3.63) is 46.7 Å². The highest BCUT2D eigenvalue weighted by Gasteiger charge is 2.16. The standard InChI is InChI=1S/C12H8N2O4S2/c13-8-11(12-2-1-7-19-12)14-18-20(16,17)10-5-3-9(15)4-6-10/h1-7,15H. The number of rotatable bonds is 4. The van der Waals surface area contributed by atoms with Crippen molar-refractivity contribution in [1.29, 1.82) is 5.26 Å². The Morgan fingerprint density at radius 1 is 1.30 bits per heavy atom. The first-order valence-electron chi connectivity index (χ1n) is 5.27. The van der Waals surface area contributed by atoms with Crippen LogP contribution in [0.15, 0.2) is 51.8 Å². The first-order chi connectivity index (χ1) is 9.53. The minimum Gasteiger partial charge on any atom is -0.508 e. The minimum atomic E-state index is -4.12. The number of nitriles is 1. The highest BCUT2D eigenvalue weighted by molar-refractivity contribution is 7.86. The van der Waals surface area contributed by atoms with Crippen LogP contribution in [0.25, 0.3) is 0 Å². The fourth-order valence-electron chi connectivity index (χ4n) is 1.28. The smallest absolute Gasteiger partial charge is 0.358 e. The largest absolute Gasteiger partial charge is 0.508 e. The van der Waals surface area contributed by atoms with Crippen LogP contribution < -0.4 is 0 Å². The molecule has 0 aliphatic heterocycles. The third kappa shape index (κ3) is 3.14. The second-order valence-electron chi connectivity index (χ2n) is 3.55. The van der Waals surface area contributed by atoms with Gasteiger partial charge in [-0.05, 0) is 35.7 Å². The summed E-state index contributed by atoms with van der Waals surface area (Å²) in [6.45, 7) is 0. The van der Waals surface area contributed by atoms with Gasteiger partial charge in [0.05, 0.1) is 4.88 Å². The van der Waals surface area contributed by atoms with Crippen LogP contribution in [0.1, 0.15) is 4.88 Å². The molecule has 0 saturated heterocycles. The second-order valence-corrected chi connectivity index (χ2v) is 6.03. The Morgan fingerprint density at radius 3 is 2.55 bits per heavy atom. The molecule has 0 radical (unpaired) electrons. The molecule has 0 bridgehead atoms. The number of nitrogens with zero attached hydrogens (tertiary/aromatic N) is 2. The predicted octanol–water partition coefficient (Wildman–Crippen LogP) is 2.09. The van der Waals surface area contributed by atoms with Crippen molar-refractivity contribution in [2.45, 2.75) is 4.90 Å². The average molecular weight is 308 g/mol. The Morgan fingerprint density at radius 2 is 2.00 bits per heavy atom. The summed E-state index contributed by atoms with van der Waals surface area (Å²) in [5.41, 5.74) is -0.123. The zero-order chi connectivity index (χ0) is 14.6. The summed E-state index contributed by atoms with van der Waals surface area (Å²) in [5.74, 6) is -0.0660. The molecule has 1 aromatic carbocycles. The Kier molecular flexibility index (Phi) is 4.02. The fourth-order valence-corrected chi connectivity index (χ4v) is 2.66. The SMILES string of the molecule is N#CC(=NOS(=O)(=O)c1ccc(O)cc1)c1cccs1. The van der Waals surface area contributed by atoms with E-state index in [0.29, 0.717) is 4.88 Å². The van der Waals surface area contributed by atoms with Crippen molar-refractivity contribution in [1.82, 2.24) is 0 Å². The molecule has 1 aromatic heterocycles. The van der Waals surface area contributed by atoms with Gasteiger partial charge < -0.3 is 5.11 Å². The topological polar surface area (TPSA) is 99.8 Å². The molecular weight excluding hydrogens is 300 g/mol. The summed E-state index contributed by atoms with van der Waals surface area (Å²) in [5, 5.41) is 23.1. The van der Waals surface area contributed by atoms with Gasteiger partial charge in [-0.15, -0.1) is 11.3 Å². The van der Waals surface area contributed by atoms with E-state index in [2.05, 4.69) is 9.44 Å². The predicted molar refractivity (Wildman–Crippen MR) is 72.8 cm³/mol. The van der Waals surface area contributed by atoms with Crippen LogP contribution in [0.3, 0.4) is 0 Å². The van der Waals surface area contributed by atoms with E-state index in [0.717, 1.165) is 0 Å². The molecule has 1 heterocycles. The first kappa shape index (κ1) is 14.0. The van der Waals surface area contributed by atoms with Gasteiger partial charge in [-0.1, -0.05) is 11.2 Å². The van der Waals surface area contributed by atoms with E-state index in [1.165, 1.54) is 35.6 Å². The van der Waals surface area contributed by atoms with Gasteiger partial charge in [0.1, 0.15) is 16.7 Å². The van der Waals surface area contributed by atoms with Crippen LogP contribution in [0.4, 0.5) is 0 Å². The number of oxime groups is 1. The first-order valence-corrected chi connectivity index (χ1v) is 7.56. The molecule has 0 spiro atoms. The molecule has 0 atom stereocenters. The lowest BCUT2D eigenvalue weighted by atomic mass is 10.3. The number of benzene rings is 1. The maximum atomic E-state index is 11.8. The van der Waals surface area contributed by atoms with Crippen LogP contribution in [-0.4, -0.2) is 19.2 Å². The third-order valence-corrected chi connectivity index (χ3v) is 4.21. The monoisotopic (exact) mass is 308 g/mol. The lowest BCUT2D eigenvalue weighted by Crippen LogP contribution is -2.05. The molecule has 0 saturated carbocycles. The Hall–Kier alpha value is -2.37. The third-order valence-electron chi connectivity index (χ3n) is 2.21. The van der Waals surface area contributed by atoms with Crippen molar-refractivity contribution < 1.29 is 17.8 Å².